The van der Waals surface area contributed by atoms with Gasteiger partial charge in [-0.2, -0.15) is 0 Å². The molecule has 0 aliphatic heterocycles. The van der Waals surface area contributed by atoms with Crippen molar-refractivity contribution >= 4 is 39.8 Å². The first-order chi connectivity index (χ1) is 10.0. The van der Waals surface area contributed by atoms with Gasteiger partial charge in [0.25, 0.3) is 0 Å². The number of sulfone groups is 1. The van der Waals surface area contributed by atoms with Crippen molar-refractivity contribution in [1.29, 1.82) is 0 Å². The van der Waals surface area contributed by atoms with Crippen LogP contribution in [0.2, 0.25) is 0 Å². The molecule has 0 amide bonds. The molecule has 2 N–H and O–H groups in total. The summed E-state index contributed by atoms with van der Waals surface area (Å²) in [4.78, 5) is 4.02. The average molecular weight is 441 g/mol. The average Bonchev–Trinajstić information content (AvgIpc) is 2.45. The molecular weight excluding hydrogens is 417 g/mol. The summed E-state index contributed by atoms with van der Waals surface area (Å²) >= 11 is 0. The van der Waals surface area contributed by atoms with E-state index in [0.717, 1.165) is 12.2 Å². The molecule has 126 valence electrons. The summed E-state index contributed by atoms with van der Waals surface area (Å²) in [7, 11) is -1.30. The highest BCUT2D eigenvalue weighted by atomic mass is 127. The van der Waals surface area contributed by atoms with Crippen molar-refractivity contribution in [2.75, 3.05) is 38.8 Å². The summed E-state index contributed by atoms with van der Waals surface area (Å²) in [6.45, 7) is 1.65. The molecule has 1 aromatic carbocycles. The molecule has 0 bridgehead atoms. The van der Waals surface area contributed by atoms with E-state index in [0.29, 0.717) is 25.7 Å². The number of aliphatic imine (C=N–C) groups is 1. The second kappa shape index (κ2) is 11.5. The molecule has 0 heterocycles. The standard InChI is InChI=1S/C14H23N3O3S.HI/c1-15-14(17-10-12-21(2,18)19)16-9-6-11-20-13-7-4-3-5-8-13;/h3-5,7-8H,6,9-12H2,1-2H3,(H2,15,16,17);1H. The number of hydrogen-bond donors (Lipinski definition) is 2. The largest absolute Gasteiger partial charge is 0.494 e. The summed E-state index contributed by atoms with van der Waals surface area (Å²) in [5, 5.41) is 6.06. The van der Waals surface area contributed by atoms with Crippen molar-refractivity contribution in [3.8, 4) is 5.75 Å². The number of nitrogens with zero attached hydrogens (tertiary/aromatic N) is 1. The number of hydrogen-bond acceptors (Lipinski definition) is 4. The van der Waals surface area contributed by atoms with Gasteiger partial charge in [-0.1, -0.05) is 18.2 Å². The minimum atomic E-state index is -2.95. The van der Waals surface area contributed by atoms with Gasteiger partial charge in [0, 0.05) is 26.4 Å². The van der Waals surface area contributed by atoms with Crippen LogP contribution >= 0.6 is 24.0 Å². The van der Waals surface area contributed by atoms with Gasteiger partial charge in [0.15, 0.2) is 5.96 Å². The number of ether oxygens (including phenoxy) is 1. The van der Waals surface area contributed by atoms with Crippen LogP contribution in [-0.4, -0.2) is 53.1 Å². The molecule has 0 saturated carbocycles. The number of para-hydroxylation sites is 1. The molecule has 22 heavy (non-hydrogen) atoms. The Kier molecular flexibility index (Phi) is 11.0. The van der Waals surface area contributed by atoms with Crippen LogP contribution in [0.1, 0.15) is 6.42 Å². The Labute approximate surface area is 149 Å². The normalized spacial score (nSPS) is 11.5. The van der Waals surface area contributed by atoms with Gasteiger partial charge < -0.3 is 15.4 Å². The third kappa shape index (κ3) is 10.7. The fourth-order valence-electron chi connectivity index (χ4n) is 1.56. The minimum Gasteiger partial charge on any atom is -0.494 e. The molecule has 1 aromatic rings. The van der Waals surface area contributed by atoms with Crippen molar-refractivity contribution in [1.82, 2.24) is 10.6 Å². The van der Waals surface area contributed by atoms with Crippen LogP contribution in [0, 0.1) is 0 Å². The highest BCUT2D eigenvalue weighted by Crippen LogP contribution is 2.07. The lowest BCUT2D eigenvalue weighted by Crippen LogP contribution is -2.40. The summed E-state index contributed by atoms with van der Waals surface area (Å²) in [6.07, 6.45) is 2.04. The number of rotatable bonds is 8. The van der Waals surface area contributed by atoms with Crippen LogP contribution in [0.5, 0.6) is 5.75 Å². The number of benzene rings is 1. The van der Waals surface area contributed by atoms with E-state index in [1.807, 2.05) is 30.3 Å². The van der Waals surface area contributed by atoms with E-state index in [1.165, 1.54) is 6.26 Å². The van der Waals surface area contributed by atoms with Crippen LogP contribution in [0.4, 0.5) is 0 Å². The minimum absolute atomic E-state index is 0. The van der Waals surface area contributed by atoms with Crippen molar-refractivity contribution in [2.45, 2.75) is 6.42 Å². The summed E-state index contributed by atoms with van der Waals surface area (Å²) in [6, 6.07) is 9.64. The van der Waals surface area contributed by atoms with Gasteiger partial charge in [-0.15, -0.1) is 24.0 Å². The Bertz CT molecular complexity index is 536. The summed E-state index contributed by atoms with van der Waals surface area (Å²) in [5.74, 6) is 1.54. The second-order valence-electron chi connectivity index (χ2n) is 4.57. The van der Waals surface area contributed by atoms with Gasteiger partial charge >= 0.3 is 0 Å². The molecule has 0 aromatic heterocycles. The quantitative estimate of drug-likeness (QED) is 0.275. The van der Waals surface area contributed by atoms with Crippen LogP contribution in [0.3, 0.4) is 0 Å². The molecule has 1 rings (SSSR count). The molecule has 6 nitrogen and oxygen atoms in total. The first-order valence-electron chi connectivity index (χ1n) is 6.81. The van der Waals surface area contributed by atoms with Gasteiger partial charge in [-0.3, -0.25) is 4.99 Å². The molecule has 0 aliphatic rings. The zero-order valence-electron chi connectivity index (χ0n) is 12.9. The van der Waals surface area contributed by atoms with Crippen LogP contribution in [-0.2, 0) is 9.84 Å². The molecule has 0 fully saturated rings. The highest BCUT2D eigenvalue weighted by molar-refractivity contribution is 14.0. The number of nitrogens with one attached hydrogen (secondary N) is 2. The van der Waals surface area contributed by atoms with Crippen molar-refractivity contribution in [3.05, 3.63) is 30.3 Å². The molecule has 0 unspecified atom stereocenters. The number of guanidine groups is 1. The first kappa shape index (κ1) is 21.0. The maximum Gasteiger partial charge on any atom is 0.191 e. The fourth-order valence-corrected chi connectivity index (χ4v) is 2.03. The van der Waals surface area contributed by atoms with Gasteiger partial charge in [0.2, 0.25) is 0 Å². The summed E-state index contributed by atoms with van der Waals surface area (Å²) in [5.41, 5.74) is 0. The van der Waals surface area contributed by atoms with E-state index < -0.39 is 9.84 Å². The summed E-state index contributed by atoms with van der Waals surface area (Å²) < 4.78 is 27.6. The molecule has 0 saturated heterocycles. The van der Waals surface area contributed by atoms with Crippen molar-refractivity contribution in [2.24, 2.45) is 4.99 Å². The predicted molar refractivity (Wildman–Crippen MR) is 101 cm³/mol. The fraction of sp³-hybridized carbons (Fsp3) is 0.500. The Morgan fingerprint density at radius 3 is 2.41 bits per heavy atom. The van der Waals surface area contributed by atoms with E-state index in [4.69, 9.17) is 4.74 Å². The maximum absolute atomic E-state index is 11.0. The highest BCUT2D eigenvalue weighted by Gasteiger charge is 2.02. The van der Waals surface area contributed by atoms with Gasteiger partial charge in [-0.05, 0) is 18.6 Å². The van der Waals surface area contributed by atoms with Gasteiger partial charge in [0.05, 0.1) is 12.4 Å². The lowest BCUT2D eigenvalue weighted by atomic mass is 10.3. The van der Waals surface area contributed by atoms with Crippen LogP contribution in [0.25, 0.3) is 0 Å². The SMILES string of the molecule is CN=C(NCCCOc1ccccc1)NCCS(C)(=O)=O.I. The number of halogens is 1. The zero-order valence-corrected chi connectivity index (χ0v) is 16.1. The molecular formula is C14H24IN3O3S. The Morgan fingerprint density at radius 1 is 1.18 bits per heavy atom. The molecule has 0 aliphatic carbocycles. The van der Waals surface area contributed by atoms with Gasteiger partial charge in [-0.25, -0.2) is 8.42 Å². The molecule has 0 spiro atoms. The lowest BCUT2D eigenvalue weighted by Gasteiger charge is -2.11. The lowest BCUT2D eigenvalue weighted by molar-refractivity contribution is 0.311. The van der Waals surface area contributed by atoms with E-state index in [9.17, 15) is 8.42 Å². The monoisotopic (exact) mass is 441 g/mol. The van der Waals surface area contributed by atoms with Gasteiger partial charge in [0.1, 0.15) is 15.6 Å². The van der Waals surface area contributed by atoms with E-state index >= 15 is 0 Å². The van der Waals surface area contributed by atoms with E-state index in [1.54, 1.807) is 7.05 Å². The Hall–Kier alpha value is -1.03. The predicted octanol–water partition coefficient (Wildman–Crippen LogP) is 1.28. The Balaban J connectivity index is 0.00000441. The van der Waals surface area contributed by atoms with Crippen LogP contribution < -0.4 is 15.4 Å². The smallest absolute Gasteiger partial charge is 0.191 e. The van der Waals surface area contributed by atoms with Crippen molar-refractivity contribution in [3.63, 3.8) is 0 Å². The topological polar surface area (TPSA) is 79.8 Å². The van der Waals surface area contributed by atoms with E-state index in [-0.39, 0.29) is 29.7 Å². The second-order valence-corrected chi connectivity index (χ2v) is 6.83. The van der Waals surface area contributed by atoms with Crippen LogP contribution in [0.15, 0.2) is 35.3 Å². The first-order valence-corrected chi connectivity index (χ1v) is 8.87. The molecule has 8 heteroatoms. The third-order valence-corrected chi connectivity index (χ3v) is 3.56. The van der Waals surface area contributed by atoms with Crippen molar-refractivity contribution < 1.29 is 13.2 Å². The molecule has 0 radical (unpaired) electrons. The Morgan fingerprint density at radius 2 is 1.82 bits per heavy atom. The molecule has 0 atom stereocenters. The van der Waals surface area contributed by atoms with E-state index in [2.05, 4.69) is 15.6 Å². The third-order valence-electron chi connectivity index (χ3n) is 2.61. The maximum atomic E-state index is 11.0. The zero-order chi connectivity index (χ0) is 15.6.